The van der Waals surface area contributed by atoms with Gasteiger partial charge in [-0.2, -0.15) is 0 Å². The molecule has 2 amide bonds. The predicted octanol–water partition coefficient (Wildman–Crippen LogP) is 3.39. The van der Waals surface area contributed by atoms with Crippen LogP contribution in [0.5, 0.6) is 0 Å². The van der Waals surface area contributed by atoms with E-state index in [1.165, 1.54) is 0 Å². The number of likely N-dealkylation sites (tertiary alicyclic amines) is 1. The second-order valence-corrected chi connectivity index (χ2v) is 7.68. The number of anilines is 2. The first-order valence-electron chi connectivity index (χ1n) is 8.60. The molecular formula is C18H20N6OS. The maximum atomic E-state index is 12.6. The highest BCUT2D eigenvalue weighted by Gasteiger charge is 2.25. The Morgan fingerprint density at radius 1 is 1.27 bits per heavy atom. The number of thiazole rings is 1. The highest BCUT2D eigenvalue weighted by Crippen LogP contribution is 2.28. The zero-order valence-corrected chi connectivity index (χ0v) is 15.3. The minimum absolute atomic E-state index is 0.0637. The second-order valence-electron chi connectivity index (χ2n) is 6.45. The van der Waals surface area contributed by atoms with Crippen molar-refractivity contribution < 1.29 is 4.79 Å². The van der Waals surface area contributed by atoms with Gasteiger partial charge in [0.1, 0.15) is 0 Å². The molecule has 3 N–H and O–H groups in total. The molecule has 0 radical (unpaired) electrons. The van der Waals surface area contributed by atoms with Gasteiger partial charge in [0.25, 0.3) is 0 Å². The van der Waals surface area contributed by atoms with E-state index >= 15 is 0 Å². The third-order valence-corrected chi connectivity index (χ3v) is 5.58. The van der Waals surface area contributed by atoms with E-state index in [-0.39, 0.29) is 6.03 Å². The number of rotatable bonds is 2. The van der Waals surface area contributed by atoms with Crippen LogP contribution in [-0.2, 0) is 0 Å². The maximum absolute atomic E-state index is 12.6. The molecule has 0 spiro atoms. The summed E-state index contributed by atoms with van der Waals surface area (Å²) < 4.78 is 1.08. The van der Waals surface area contributed by atoms with Gasteiger partial charge >= 0.3 is 6.03 Å². The van der Waals surface area contributed by atoms with Crippen molar-refractivity contribution in [3.8, 4) is 0 Å². The summed E-state index contributed by atoms with van der Waals surface area (Å²) in [4.78, 5) is 27.1. The smallest absolute Gasteiger partial charge is 0.321 e. The number of benzene rings is 1. The zero-order valence-electron chi connectivity index (χ0n) is 14.5. The number of nitrogen functional groups attached to an aromatic ring is 1. The van der Waals surface area contributed by atoms with Crippen molar-refractivity contribution in [1.82, 2.24) is 19.9 Å². The molecule has 1 aliphatic heterocycles. The molecule has 1 aromatic carbocycles. The molecule has 0 saturated carbocycles. The Morgan fingerprint density at radius 3 is 2.85 bits per heavy atom. The molecule has 2 aromatic heterocycles. The van der Waals surface area contributed by atoms with E-state index in [1.54, 1.807) is 17.5 Å². The fraction of sp³-hybridized carbons (Fsp3) is 0.333. The van der Waals surface area contributed by atoms with Gasteiger partial charge in [-0.05, 0) is 44.0 Å². The summed E-state index contributed by atoms with van der Waals surface area (Å²) in [6.45, 7) is 3.38. The van der Waals surface area contributed by atoms with Crippen LogP contribution < -0.4 is 11.1 Å². The van der Waals surface area contributed by atoms with Crippen molar-refractivity contribution in [3.05, 3.63) is 41.2 Å². The first-order chi connectivity index (χ1) is 12.6. The third-order valence-electron chi connectivity index (χ3n) is 4.64. The highest BCUT2D eigenvalue weighted by molar-refractivity contribution is 7.18. The molecule has 1 saturated heterocycles. The number of hydrogen-bond donors (Lipinski definition) is 2. The molecule has 26 heavy (non-hydrogen) atoms. The van der Waals surface area contributed by atoms with E-state index in [4.69, 9.17) is 5.73 Å². The number of aromatic nitrogens is 3. The topological polar surface area (TPSA) is 97.0 Å². The number of hydrogen-bond acceptors (Lipinski definition) is 6. The highest BCUT2D eigenvalue weighted by atomic mass is 32.1. The largest absolute Gasteiger partial charge is 0.368 e. The van der Waals surface area contributed by atoms with E-state index in [2.05, 4.69) is 20.3 Å². The molecule has 0 atom stereocenters. The van der Waals surface area contributed by atoms with Crippen LogP contribution in [-0.4, -0.2) is 39.0 Å². The third kappa shape index (κ3) is 3.45. The second kappa shape index (κ2) is 6.87. The van der Waals surface area contributed by atoms with Gasteiger partial charge in [-0.15, -0.1) is 11.3 Å². The van der Waals surface area contributed by atoms with E-state index in [9.17, 15) is 4.79 Å². The number of nitrogens with one attached hydrogen (secondary N) is 1. The van der Waals surface area contributed by atoms with Gasteiger partial charge in [-0.25, -0.2) is 19.7 Å². The molecule has 3 aromatic rings. The van der Waals surface area contributed by atoms with Crippen molar-refractivity contribution in [2.75, 3.05) is 24.1 Å². The predicted molar refractivity (Wildman–Crippen MR) is 103 cm³/mol. The van der Waals surface area contributed by atoms with Crippen molar-refractivity contribution in [1.29, 1.82) is 0 Å². The van der Waals surface area contributed by atoms with Crippen LogP contribution in [0.3, 0.4) is 0 Å². The van der Waals surface area contributed by atoms with Crippen LogP contribution >= 0.6 is 11.3 Å². The van der Waals surface area contributed by atoms with Crippen molar-refractivity contribution in [2.24, 2.45) is 0 Å². The number of piperidine rings is 1. The number of nitrogens with two attached hydrogens (primary N) is 1. The lowest BCUT2D eigenvalue weighted by molar-refractivity contribution is 0.194. The molecule has 0 aliphatic carbocycles. The minimum atomic E-state index is -0.0637. The van der Waals surface area contributed by atoms with Crippen LogP contribution in [0, 0.1) is 6.92 Å². The van der Waals surface area contributed by atoms with Gasteiger partial charge in [0, 0.05) is 36.6 Å². The van der Waals surface area contributed by atoms with Crippen LogP contribution in [0.1, 0.15) is 29.5 Å². The van der Waals surface area contributed by atoms with Gasteiger partial charge in [-0.1, -0.05) is 0 Å². The van der Waals surface area contributed by atoms with Crippen LogP contribution in [0.4, 0.5) is 16.4 Å². The van der Waals surface area contributed by atoms with E-state index in [1.807, 2.05) is 36.1 Å². The fourth-order valence-electron chi connectivity index (χ4n) is 3.31. The molecule has 0 bridgehead atoms. The maximum Gasteiger partial charge on any atom is 0.321 e. The molecular weight excluding hydrogens is 348 g/mol. The molecule has 7 nitrogen and oxygen atoms in total. The SMILES string of the molecule is Cc1nc2ccc(NC(=O)N3CCC(c4ccnc(N)n4)CC3)cc2s1. The normalized spacial score (nSPS) is 15.3. The van der Waals surface area contributed by atoms with Gasteiger partial charge in [0.15, 0.2) is 0 Å². The van der Waals surface area contributed by atoms with Crippen LogP contribution in [0.25, 0.3) is 10.2 Å². The molecule has 134 valence electrons. The number of carbonyl (C=O) groups is 1. The van der Waals surface area contributed by atoms with E-state index in [0.29, 0.717) is 25.0 Å². The standard InChI is InChI=1S/C18H20N6OS/c1-11-21-15-3-2-13(10-16(15)26-11)22-18(25)24-8-5-12(6-9-24)14-4-7-20-17(19)23-14/h2-4,7,10,12H,5-6,8-9H2,1H3,(H,22,25)(H2,19,20,23). The zero-order chi connectivity index (χ0) is 18.1. The van der Waals surface area contributed by atoms with Gasteiger partial charge < -0.3 is 16.0 Å². The average molecular weight is 368 g/mol. The molecule has 8 heteroatoms. The first kappa shape index (κ1) is 16.7. The first-order valence-corrected chi connectivity index (χ1v) is 9.42. The van der Waals surface area contributed by atoms with E-state index in [0.717, 1.165) is 39.4 Å². The Balaban J connectivity index is 1.38. The summed E-state index contributed by atoms with van der Waals surface area (Å²) in [7, 11) is 0. The molecule has 1 fully saturated rings. The van der Waals surface area contributed by atoms with Crippen LogP contribution in [0.2, 0.25) is 0 Å². The van der Waals surface area contributed by atoms with Gasteiger partial charge in [0.05, 0.1) is 15.2 Å². The van der Waals surface area contributed by atoms with E-state index < -0.39 is 0 Å². The summed E-state index contributed by atoms with van der Waals surface area (Å²) in [5.41, 5.74) is 8.40. The number of fused-ring (bicyclic) bond motifs is 1. The van der Waals surface area contributed by atoms with Gasteiger partial charge in [0.2, 0.25) is 5.95 Å². The number of nitrogens with zero attached hydrogens (tertiary/aromatic N) is 4. The lowest BCUT2D eigenvalue weighted by Gasteiger charge is -2.31. The van der Waals surface area contributed by atoms with Crippen molar-refractivity contribution in [3.63, 3.8) is 0 Å². The lowest BCUT2D eigenvalue weighted by atomic mass is 9.93. The minimum Gasteiger partial charge on any atom is -0.368 e. The number of urea groups is 1. The Bertz CT molecular complexity index is 948. The average Bonchev–Trinajstić information content (AvgIpc) is 3.01. The van der Waals surface area contributed by atoms with Crippen molar-refractivity contribution >= 4 is 39.2 Å². The molecule has 0 unspecified atom stereocenters. The monoisotopic (exact) mass is 368 g/mol. The summed E-state index contributed by atoms with van der Waals surface area (Å²) in [5.74, 6) is 0.622. The summed E-state index contributed by atoms with van der Waals surface area (Å²) in [5, 5.41) is 4.02. The molecule has 1 aliphatic rings. The summed E-state index contributed by atoms with van der Waals surface area (Å²) in [6, 6.07) is 7.67. The Morgan fingerprint density at radius 2 is 2.08 bits per heavy atom. The van der Waals surface area contributed by atoms with Gasteiger partial charge in [-0.3, -0.25) is 0 Å². The Labute approximate surface area is 155 Å². The number of amides is 2. The summed E-state index contributed by atoms with van der Waals surface area (Å²) >= 11 is 1.63. The quantitative estimate of drug-likeness (QED) is 0.723. The van der Waals surface area contributed by atoms with Crippen LogP contribution in [0.15, 0.2) is 30.5 Å². The molecule has 4 rings (SSSR count). The number of aryl methyl sites for hydroxylation is 1. The Kier molecular flexibility index (Phi) is 4.42. The summed E-state index contributed by atoms with van der Waals surface area (Å²) in [6.07, 6.45) is 3.43. The number of carbonyl (C=O) groups excluding carboxylic acids is 1. The molecule has 3 heterocycles. The van der Waals surface area contributed by atoms with Crippen molar-refractivity contribution in [2.45, 2.75) is 25.7 Å². The Hall–Kier alpha value is -2.74. The lowest BCUT2D eigenvalue weighted by Crippen LogP contribution is -2.40. The fourth-order valence-corrected chi connectivity index (χ4v) is 4.18.